The van der Waals surface area contributed by atoms with Crippen molar-refractivity contribution in [2.24, 2.45) is 5.92 Å². The van der Waals surface area contributed by atoms with Crippen LogP contribution in [0.3, 0.4) is 0 Å². The van der Waals surface area contributed by atoms with E-state index in [1.807, 2.05) is 18.2 Å². The first-order valence-electron chi connectivity index (χ1n) is 5.82. The second kappa shape index (κ2) is 5.27. The molecule has 90 valence electrons. The average molecular weight is 247 g/mol. The summed E-state index contributed by atoms with van der Waals surface area (Å²) in [6.07, 6.45) is 0. The Bertz CT molecular complexity index is 465. The normalized spacial score (nSPS) is 12.7. The SMILES string of the molecule is CC(C)[C@H](C)Nc1nnc(-c2ccccc2)s1. The van der Waals surface area contributed by atoms with Gasteiger partial charge in [-0.25, -0.2) is 0 Å². The first-order chi connectivity index (χ1) is 8.16. The fourth-order valence-electron chi connectivity index (χ4n) is 1.34. The zero-order valence-corrected chi connectivity index (χ0v) is 11.2. The van der Waals surface area contributed by atoms with Gasteiger partial charge in [0.05, 0.1) is 0 Å². The highest BCUT2D eigenvalue weighted by Crippen LogP contribution is 2.26. The molecule has 2 rings (SSSR count). The minimum absolute atomic E-state index is 0.409. The van der Waals surface area contributed by atoms with Crippen molar-refractivity contribution in [3.8, 4) is 10.6 Å². The molecule has 0 aliphatic carbocycles. The molecular weight excluding hydrogens is 230 g/mol. The number of anilines is 1. The van der Waals surface area contributed by atoms with Gasteiger partial charge in [0.1, 0.15) is 5.01 Å². The van der Waals surface area contributed by atoms with Crippen LogP contribution in [-0.4, -0.2) is 16.2 Å². The summed E-state index contributed by atoms with van der Waals surface area (Å²) in [5, 5.41) is 13.6. The van der Waals surface area contributed by atoms with E-state index in [0.717, 1.165) is 15.7 Å². The molecule has 17 heavy (non-hydrogen) atoms. The van der Waals surface area contributed by atoms with Crippen molar-refractivity contribution in [3.63, 3.8) is 0 Å². The van der Waals surface area contributed by atoms with Crippen LogP contribution in [0.4, 0.5) is 5.13 Å². The maximum Gasteiger partial charge on any atom is 0.206 e. The highest BCUT2D eigenvalue weighted by molar-refractivity contribution is 7.18. The van der Waals surface area contributed by atoms with E-state index in [1.54, 1.807) is 11.3 Å². The summed E-state index contributed by atoms with van der Waals surface area (Å²) >= 11 is 1.60. The molecule has 1 N–H and O–H groups in total. The van der Waals surface area contributed by atoms with E-state index in [0.29, 0.717) is 12.0 Å². The molecule has 0 aliphatic rings. The molecule has 1 aromatic carbocycles. The van der Waals surface area contributed by atoms with Crippen LogP contribution in [0.5, 0.6) is 0 Å². The fourth-order valence-corrected chi connectivity index (χ4v) is 2.19. The fraction of sp³-hybridized carbons (Fsp3) is 0.385. The van der Waals surface area contributed by atoms with Crippen molar-refractivity contribution < 1.29 is 0 Å². The molecule has 0 bridgehead atoms. The van der Waals surface area contributed by atoms with Crippen molar-refractivity contribution in [2.75, 3.05) is 5.32 Å². The van der Waals surface area contributed by atoms with Crippen LogP contribution in [0.25, 0.3) is 10.6 Å². The van der Waals surface area contributed by atoms with E-state index in [4.69, 9.17) is 0 Å². The number of hydrogen-bond acceptors (Lipinski definition) is 4. The minimum Gasteiger partial charge on any atom is -0.357 e. The van der Waals surface area contributed by atoms with Gasteiger partial charge in [-0.1, -0.05) is 55.5 Å². The first-order valence-corrected chi connectivity index (χ1v) is 6.64. The summed E-state index contributed by atoms with van der Waals surface area (Å²) in [6.45, 7) is 6.54. The summed E-state index contributed by atoms with van der Waals surface area (Å²) < 4.78 is 0. The highest BCUT2D eigenvalue weighted by Gasteiger charge is 2.11. The van der Waals surface area contributed by atoms with Crippen LogP contribution in [-0.2, 0) is 0 Å². The lowest BCUT2D eigenvalue weighted by Crippen LogP contribution is -2.21. The molecule has 0 radical (unpaired) electrons. The Morgan fingerprint density at radius 3 is 2.41 bits per heavy atom. The van der Waals surface area contributed by atoms with E-state index < -0.39 is 0 Å². The molecule has 1 heterocycles. The lowest BCUT2D eigenvalue weighted by atomic mass is 10.1. The van der Waals surface area contributed by atoms with Crippen LogP contribution >= 0.6 is 11.3 Å². The van der Waals surface area contributed by atoms with Gasteiger partial charge < -0.3 is 5.32 Å². The maximum absolute atomic E-state index is 4.20. The molecule has 0 saturated carbocycles. The number of benzene rings is 1. The van der Waals surface area contributed by atoms with E-state index in [1.165, 1.54) is 0 Å². The minimum atomic E-state index is 0.409. The molecular formula is C13H17N3S. The highest BCUT2D eigenvalue weighted by atomic mass is 32.1. The monoisotopic (exact) mass is 247 g/mol. The van der Waals surface area contributed by atoms with Gasteiger partial charge in [-0.3, -0.25) is 0 Å². The van der Waals surface area contributed by atoms with Crippen LogP contribution in [0.2, 0.25) is 0 Å². The van der Waals surface area contributed by atoms with Crippen LogP contribution in [0, 0.1) is 5.92 Å². The molecule has 0 unspecified atom stereocenters. The molecule has 0 fully saturated rings. The number of rotatable bonds is 4. The summed E-state index contributed by atoms with van der Waals surface area (Å²) in [5.74, 6) is 0.582. The quantitative estimate of drug-likeness (QED) is 0.896. The van der Waals surface area contributed by atoms with E-state index in [9.17, 15) is 0 Å². The van der Waals surface area contributed by atoms with Crippen LogP contribution in [0.1, 0.15) is 20.8 Å². The molecule has 0 aliphatic heterocycles. The van der Waals surface area contributed by atoms with Crippen molar-refractivity contribution >= 4 is 16.5 Å². The van der Waals surface area contributed by atoms with Gasteiger partial charge in [-0.2, -0.15) is 0 Å². The zero-order valence-electron chi connectivity index (χ0n) is 10.3. The van der Waals surface area contributed by atoms with Crippen molar-refractivity contribution in [1.29, 1.82) is 0 Å². The predicted molar refractivity (Wildman–Crippen MR) is 73.3 cm³/mol. The molecule has 0 spiro atoms. The Labute approximate surface area is 106 Å². The summed E-state index contributed by atoms with van der Waals surface area (Å²) in [7, 11) is 0. The molecule has 4 heteroatoms. The number of aromatic nitrogens is 2. The number of nitrogens with zero attached hydrogens (tertiary/aromatic N) is 2. The van der Waals surface area contributed by atoms with Gasteiger partial charge in [-0.05, 0) is 12.8 Å². The second-order valence-electron chi connectivity index (χ2n) is 4.46. The molecule has 2 aromatic rings. The lowest BCUT2D eigenvalue weighted by molar-refractivity contribution is 0.559. The van der Waals surface area contributed by atoms with Crippen molar-refractivity contribution in [2.45, 2.75) is 26.8 Å². The Kier molecular flexibility index (Phi) is 3.74. The average Bonchev–Trinajstić information content (AvgIpc) is 2.78. The summed E-state index contributed by atoms with van der Waals surface area (Å²) in [4.78, 5) is 0. The van der Waals surface area contributed by atoms with Crippen LogP contribution in [0.15, 0.2) is 30.3 Å². The van der Waals surface area contributed by atoms with Gasteiger partial charge in [0, 0.05) is 11.6 Å². The molecule has 0 amide bonds. The Morgan fingerprint density at radius 2 is 1.76 bits per heavy atom. The second-order valence-corrected chi connectivity index (χ2v) is 5.43. The standard InChI is InChI=1S/C13H17N3S/c1-9(2)10(3)14-13-16-15-12(17-13)11-7-5-4-6-8-11/h4-10H,1-3H3,(H,14,16)/t10-/m0/s1. The number of nitrogens with one attached hydrogen (secondary N) is 1. The third kappa shape index (κ3) is 3.03. The van der Waals surface area contributed by atoms with E-state index in [2.05, 4.69) is 48.4 Å². The van der Waals surface area contributed by atoms with E-state index in [-0.39, 0.29) is 0 Å². The molecule has 0 saturated heterocycles. The van der Waals surface area contributed by atoms with Gasteiger partial charge in [-0.15, -0.1) is 10.2 Å². The lowest BCUT2D eigenvalue weighted by Gasteiger charge is -2.15. The summed E-state index contributed by atoms with van der Waals surface area (Å²) in [6, 6.07) is 10.5. The summed E-state index contributed by atoms with van der Waals surface area (Å²) in [5.41, 5.74) is 1.12. The smallest absolute Gasteiger partial charge is 0.206 e. The third-order valence-electron chi connectivity index (χ3n) is 2.80. The van der Waals surface area contributed by atoms with Gasteiger partial charge in [0.15, 0.2) is 0 Å². The molecule has 3 nitrogen and oxygen atoms in total. The maximum atomic E-state index is 4.20. The molecule has 1 atom stereocenters. The first kappa shape index (κ1) is 12.0. The van der Waals surface area contributed by atoms with E-state index >= 15 is 0 Å². The predicted octanol–water partition coefficient (Wildman–Crippen LogP) is 3.66. The zero-order chi connectivity index (χ0) is 12.3. The Morgan fingerprint density at radius 1 is 1.06 bits per heavy atom. The van der Waals surface area contributed by atoms with Crippen molar-refractivity contribution in [3.05, 3.63) is 30.3 Å². The Balaban J connectivity index is 2.12. The Hall–Kier alpha value is -1.42. The van der Waals surface area contributed by atoms with Crippen LogP contribution < -0.4 is 5.32 Å². The van der Waals surface area contributed by atoms with Gasteiger partial charge in [0.2, 0.25) is 5.13 Å². The molecule has 1 aromatic heterocycles. The number of hydrogen-bond donors (Lipinski definition) is 1. The topological polar surface area (TPSA) is 37.8 Å². The van der Waals surface area contributed by atoms with Gasteiger partial charge >= 0.3 is 0 Å². The largest absolute Gasteiger partial charge is 0.357 e. The van der Waals surface area contributed by atoms with Crippen molar-refractivity contribution in [1.82, 2.24) is 10.2 Å². The third-order valence-corrected chi connectivity index (χ3v) is 3.70. The van der Waals surface area contributed by atoms with Gasteiger partial charge in [0.25, 0.3) is 0 Å².